The van der Waals surface area contributed by atoms with E-state index in [1.54, 1.807) is 0 Å². The van der Waals surface area contributed by atoms with Gasteiger partial charge in [-0.2, -0.15) is 0 Å². The zero-order chi connectivity index (χ0) is 20.1. The maximum Gasteiger partial charge on any atom is 0.253 e. The third kappa shape index (κ3) is 4.59. The van der Waals surface area contributed by atoms with Crippen LogP contribution in [0.4, 0.5) is 11.4 Å². The summed E-state index contributed by atoms with van der Waals surface area (Å²) in [6, 6.07) is 16.4. The molecular weight excluding hydrogens is 364 g/mol. The summed E-state index contributed by atoms with van der Waals surface area (Å²) < 4.78 is 5.46. The lowest BCUT2D eigenvalue weighted by molar-refractivity contribution is -0.124. The number of nitrogens with one attached hydrogen (secondary N) is 2. The number of carbonyl (C=O) groups is 1. The Morgan fingerprint density at radius 1 is 1.24 bits per heavy atom. The van der Waals surface area contributed by atoms with Crippen molar-refractivity contribution in [2.24, 2.45) is 4.99 Å². The van der Waals surface area contributed by atoms with Gasteiger partial charge in [-0.15, -0.1) is 0 Å². The number of rotatable bonds is 5. The van der Waals surface area contributed by atoms with Crippen molar-refractivity contribution in [3.05, 3.63) is 59.7 Å². The van der Waals surface area contributed by atoms with Crippen molar-refractivity contribution in [2.75, 3.05) is 29.9 Å². The van der Waals surface area contributed by atoms with E-state index in [-0.39, 0.29) is 12.0 Å². The average Bonchev–Trinajstić information content (AvgIpc) is 3.42. The van der Waals surface area contributed by atoms with Crippen LogP contribution in [-0.2, 0) is 22.5 Å². The summed E-state index contributed by atoms with van der Waals surface area (Å²) in [4.78, 5) is 19.4. The number of aliphatic imine (C=N–C) groups is 1. The molecule has 1 fully saturated rings. The molecule has 4 rings (SSSR count). The first-order chi connectivity index (χ1) is 14.2. The number of carbonyl (C=O) groups excluding carboxylic acids is 1. The van der Waals surface area contributed by atoms with Gasteiger partial charge in [-0.1, -0.05) is 30.3 Å². The maximum absolute atomic E-state index is 12.3. The Kier molecular flexibility index (Phi) is 6.10. The SMILES string of the molecule is CCNC(=NCc1cccc(NC(=O)C2CCCO2)c1)N1CCc2ccccc21. The van der Waals surface area contributed by atoms with E-state index in [1.165, 1.54) is 11.3 Å². The second kappa shape index (κ2) is 9.09. The maximum atomic E-state index is 12.3. The second-order valence-electron chi connectivity index (χ2n) is 7.39. The number of amides is 1. The molecule has 2 aromatic rings. The van der Waals surface area contributed by atoms with Gasteiger partial charge in [-0.25, -0.2) is 4.99 Å². The summed E-state index contributed by atoms with van der Waals surface area (Å²) in [6.45, 7) is 5.04. The largest absolute Gasteiger partial charge is 0.368 e. The molecule has 1 saturated heterocycles. The molecule has 2 aliphatic rings. The highest BCUT2D eigenvalue weighted by molar-refractivity contribution is 5.98. The van der Waals surface area contributed by atoms with Gasteiger partial charge in [0.2, 0.25) is 0 Å². The van der Waals surface area contributed by atoms with Gasteiger partial charge >= 0.3 is 0 Å². The third-order valence-electron chi connectivity index (χ3n) is 5.31. The Morgan fingerprint density at radius 2 is 2.14 bits per heavy atom. The lowest BCUT2D eigenvalue weighted by Gasteiger charge is -2.22. The van der Waals surface area contributed by atoms with E-state index in [2.05, 4.69) is 46.7 Å². The van der Waals surface area contributed by atoms with E-state index in [1.807, 2.05) is 24.3 Å². The number of fused-ring (bicyclic) bond motifs is 1. The zero-order valence-electron chi connectivity index (χ0n) is 16.9. The summed E-state index contributed by atoms with van der Waals surface area (Å²) in [7, 11) is 0. The molecule has 0 bridgehead atoms. The van der Waals surface area contributed by atoms with Crippen molar-refractivity contribution in [3.63, 3.8) is 0 Å². The highest BCUT2D eigenvalue weighted by Crippen LogP contribution is 2.27. The lowest BCUT2D eigenvalue weighted by Crippen LogP contribution is -2.40. The molecule has 1 unspecified atom stereocenters. The number of guanidine groups is 1. The molecule has 0 saturated carbocycles. The second-order valence-corrected chi connectivity index (χ2v) is 7.39. The van der Waals surface area contributed by atoms with Gasteiger partial charge in [0.25, 0.3) is 5.91 Å². The minimum absolute atomic E-state index is 0.0647. The highest BCUT2D eigenvalue weighted by atomic mass is 16.5. The van der Waals surface area contributed by atoms with E-state index in [0.717, 1.165) is 49.6 Å². The molecule has 29 heavy (non-hydrogen) atoms. The van der Waals surface area contributed by atoms with Crippen molar-refractivity contribution in [3.8, 4) is 0 Å². The average molecular weight is 393 g/mol. The van der Waals surface area contributed by atoms with Gasteiger partial charge in [0.1, 0.15) is 6.10 Å². The molecule has 1 amide bonds. The number of anilines is 2. The molecule has 2 heterocycles. The van der Waals surface area contributed by atoms with Crippen LogP contribution in [0.3, 0.4) is 0 Å². The Morgan fingerprint density at radius 3 is 2.97 bits per heavy atom. The monoisotopic (exact) mass is 392 g/mol. The minimum Gasteiger partial charge on any atom is -0.368 e. The van der Waals surface area contributed by atoms with Gasteiger partial charge < -0.3 is 20.3 Å². The predicted molar refractivity (Wildman–Crippen MR) is 116 cm³/mol. The van der Waals surface area contributed by atoms with Gasteiger partial charge in [0.15, 0.2) is 5.96 Å². The van der Waals surface area contributed by atoms with Crippen molar-refractivity contribution in [1.29, 1.82) is 0 Å². The number of hydrogen-bond donors (Lipinski definition) is 2. The van der Waals surface area contributed by atoms with E-state index >= 15 is 0 Å². The highest BCUT2D eigenvalue weighted by Gasteiger charge is 2.24. The summed E-state index contributed by atoms with van der Waals surface area (Å²) in [5.41, 5.74) is 4.43. The van der Waals surface area contributed by atoms with Crippen LogP contribution in [0, 0.1) is 0 Å². The van der Waals surface area contributed by atoms with Crippen molar-refractivity contribution in [2.45, 2.75) is 38.8 Å². The van der Waals surface area contributed by atoms with E-state index in [9.17, 15) is 4.79 Å². The quantitative estimate of drug-likeness (QED) is 0.605. The zero-order valence-corrected chi connectivity index (χ0v) is 16.9. The van der Waals surface area contributed by atoms with Gasteiger partial charge in [0, 0.05) is 31.1 Å². The Balaban J connectivity index is 1.46. The summed E-state index contributed by atoms with van der Waals surface area (Å²) in [5, 5.41) is 6.38. The molecular formula is C23H28N4O2. The van der Waals surface area contributed by atoms with E-state index < -0.39 is 0 Å². The summed E-state index contributed by atoms with van der Waals surface area (Å²) >= 11 is 0. The van der Waals surface area contributed by atoms with Crippen LogP contribution in [0.2, 0.25) is 0 Å². The molecule has 0 aliphatic carbocycles. The number of nitrogens with zero attached hydrogens (tertiary/aromatic N) is 2. The van der Waals surface area contributed by atoms with Gasteiger partial charge in [-0.05, 0) is 55.5 Å². The third-order valence-corrected chi connectivity index (χ3v) is 5.31. The number of para-hydroxylation sites is 1. The first kappa shape index (κ1) is 19.5. The summed E-state index contributed by atoms with van der Waals surface area (Å²) in [5.74, 6) is 0.830. The molecule has 2 aromatic carbocycles. The topological polar surface area (TPSA) is 66.0 Å². The Bertz CT molecular complexity index is 890. The molecule has 0 radical (unpaired) electrons. The molecule has 6 nitrogen and oxygen atoms in total. The molecule has 1 atom stereocenters. The number of benzene rings is 2. The Hall–Kier alpha value is -2.86. The van der Waals surface area contributed by atoms with Crippen LogP contribution < -0.4 is 15.5 Å². The molecule has 0 spiro atoms. The van der Waals surface area contributed by atoms with Crippen molar-refractivity contribution >= 4 is 23.2 Å². The standard InChI is InChI=1S/C23H28N4O2/c1-2-24-23(27-13-12-18-8-3-4-10-20(18)27)25-16-17-7-5-9-19(15-17)26-22(28)21-11-6-14-29-21/h3-5,7-10,15,21H,2,6,11-14,16H2,1H3,(H,24,25)(H,26,28). The number of ether oxygens (including phenoxy) is 1. The van der Waals surface area contributed by atoms with Gasteiger partial charge in [0.05, 0.1) is 6.54 Å². The van der Waals surface area contributed by atoms with Crippen molar-refractivity contribution < 1.29 is 9.53 Å². The first-order valence-electron chi connectivity index (χ1n) is 10.4. The molecule has 2 aliphatic heterocycles. The molecule has 2 N–H and O–H groups in total. The molecule has 6 heteroatoms. The predicted octanol–water partition coefficient (Wildman–Crippen LogP) is 3.33. The fourth-order valence-electron chi connectivity index (χ4n) is 3.87. The normalized spacial score (nSPS) is 18.6. The molecule has 152 valence electrons. The fraction of sp³-hybridized carbons (Fsp3) is 0.391. The fourth-order valence-corrected chi connectivity index (χ4v) is 3.87. The van der Waals surface area contributed by atoms with E-state index in [4.69, 9.17) is 9.73 Å². The summed E-state index contributed by atoms with van der Waals surface area (Å²) in [6.07, 6.45) is 2.44. The van der Waals surface area contributed by atoms with Crippen LogP contribution in [0.5, 0.6) is 0 Å². The minimum atomic E-state index is -0.327. The van der Waals surface area contributed by atoms with Crippen LogP contribution in [0.15, 0.2) is 53.5 Å². The van der Waals surface area contributed by atoms with Crippen LogP contribution in [0.1, 0.15) is 30.9 Å². The van der Waals surface area contributed by atoms with Gasteiger partial charge in [-0.3, -0.25) is 4.79 Å². The van der Waals surface area contributed by atoms with Crippen molar-refractivity contribution in [1.82, 2.24) is 5.32 Å². The first-order valence-corrected chi connectivity index (χ1v) is 10.4. The van der Waals surface area contributed by atoms with E-state index in [0.29, 0.717) is 13.2 Å². The van der Waals surface area contributed by atoms with Crippen LogP contribution >= 0.6 is 0 Å². The van der Waals surface area contributed by atoms with Crippen LogP contribution in [0.25, 0.3) is 0 Å². The number of hydrogen-bond acceptors (Lipinski definition) is 3. The molecule has 0 aromatic heterocycles. The van der Waals surface area contributed by atoms with Crippen LogP contribution in [-0.4, -0.2) is 37.7 Å². The Labute approximate surface area is 172 Å². The lowest BCUT2D eigenvalue weighted by atomic mass is 10.2. The smallest absolute Gasteiger partial charge is 0.253 e.